The Balaban J connectivity index is 1.43. The van der Waals surface area contributed by atoms with Crippen molar-refractivity contribution >= 4 is 38.3 Å². The zero-order valence-electron chi connectivity index (χ0n) is 21.2. The van der Waals surface area contributed by atoms with Crippen LogP contribution in [-0.4, -0.2) is 16.2 Å². The van der Waals surface area contributed by atoms with Crippen LogP contribution < -0.4 is 4.74 Å². The average molecular weight is 499 g/mol. The first-order valence-corrected chi connectivity index (χ1v) is 12.5. The van der Waals surface area contributed by atoms with E-state index in [4.69, 9.17) is 4.74 Å². The van der Waals surface area contributed by atoms with Crippen molar-refractivity contribution in [2.75, 3.05) is 0 Å². The van der Waals surface area contributed by atoms with Gasteiger partial charge in [-0.25, -0.2) is 0 Å². The van der Waals surface area contributed by atoms with E-state index in [1.54, 1.807) is 6.07 Å². The average Bonchev–Trinajstić information content (AvgIpc) is 2.92. The number of rotatable bonds is 4. The number of hydrogen-bond acceptors (Lipinski definition) is 4. The van der Waals surface area contributed by atoms with Crippen LogP contribution in [0.2, 0.25) is 0 Å². The van der Waals surface area contributed by atoms with Gasteiger partial charge in [-0.2, -0.15) is 0 Å². The van der Waals surface area contributed by atoms with Gasteiger partial charge in [-0.1, -0.05) is 72.8 Å². The molecule has 0 radical (unpaired) electrons. The fourth-order valence-corrected chi connectivity index (χ4v) is 5.18. The Labute approximate surface area is 220 Å². The summed E-state index contributed by atoms with van der Waals surface area (Å²) in [5.74, 6) is 0.687. The quantitative estimate of drug-likeness (QED) is 0.191. The van der Waals surface area contributed by atoms with Gasteiger partial charge >= 0.3 is 5.97 Å². The van der Waals surface area contributed by atoms with Crippen LogP contribution in [-0.2, 0) is 11.2 Å². The summed E-state index contributed by atoms with van der Waals surface area (Å²) in [6.07, 6.45) is 0.544. The molecule has 4 heteroatoms. The number of benzene rings is 6. The molecular formula is C34H26O4. The molecule has 186 valence electrons. The van der Waals surface area contributed by atoms with Crippen LogP contribution in [0.3, 0.4) is 0 Å². The van der Waals surface area contributed by atoms with E-state index in [9.17, 15) is 15.0 Å². The third kappa shape index (κ3) is 4.20. The van der Waals surface area contributed by atoms with Gasteiger partial charge < -0.3 is 14.9 Å². The van der Waals surface area contributed by atoms with Crippen LogP contribution in [0.1, 0.15) is 23.6 Å². The summed E-state index contributed by atoms with van der Waals surface area (Å²) in [4.78, 5) is 12.1. The van der Waals surface area contributed by atoms with E-state index in [1.165, 1.54) is 6.92 Å². The van der Waals surface area contributed by atoms with Gasteiger partial charge in [0.1, 0.15) is 17.2 Å². The summed E-state index contributed by atoms with van der Waals surface area (Å²) in [5, 5.41) is 26.5. The highest BCUT2D eigenvalue weighted by atomic mass is 16.5. The van der Waals surface area contributed by atoms with Gasteiger partial charge in [-0.05, 0) is 75.2 Å². The number of phenols is 2. The molecule has 0 unspecified atom stereocenters. The molecule has 0 heterocycles. The largest absolute Gasteiger partial charge is 0.507 e. The number of aromatic hydroxyl groups is 2. The van der Waals surface area contributed by atoms with Crippen molar-refractivity contribution in [1.82, 2.24) is 0 Å². The van der Waals surface area contributed by atoms with E-state index in [2.05, 4.69) is 6.07 Å². The second-order valence-corrected chi connectivity index (χ2v) is 9.76. The SMILES string of the molecule is CC(=O)Oc1c(Cc2ccc3ccc(C)c(O)c3c2)ccc2cc(-c3cc(O)c4ccccc4c3)ccc12. The summed E-state index contributed by atoms with van der Waals surface area (Å²) < 4.78 is 5.76. The van der Waals surface area contributed by atoms with E-state index in [1.807, 2.05) is 91.9 Å². The Kier molecular flexibility index (Phi) is 5.73. The molecule has 6 rings (SSSR count). The minimum atomic E-state index is -0.381. The van der Waals surface area contributed by atoms with Gasteiger partial charge in [0.15, 0.2) is 0 Å². The smallest absolute Gasteiger partial charge is 0.308 e. The highest BCUT2D eigenvalue weighted by Crippen LogP contribution is 2.37. The van der Waals surface area contributed by atoms with Crippen molar-refractivity contribution in [3.8, 4) is 28.4 Å². The standard InChI is InChI=1S/C34H26O4/c1-20-7-9-23-10-8-22(16-31(23)33(20)37)15-27-12-11-26-17-24(13-14-30(26)34(27)38-21(2)35)28-18-25-5-3-4-6-29(25)32(36)19-28/h3-14,16-19,36-37H,15H2,1-2H3. The van der Waals surface area contributed by atoms with Gasteiger partial charge in [0.05, 0.1) is 0 Å². The molecule has 0 spiro atoms. The molecule has 0 saturated heterocycles. The lowest BCUT2D eigenvalue weighted by molar-refractivity contribution is -0.131. The molecule has 0 aliphatic carbocycles. The molecule has 0 aliphatic heterocycles. The number of carbonyl (C=O) groups excluding carboxylic acids is 1. The molecule has 0 fully saturated rings. The zero-order chi connectivity index (χ0) is 26.4. The maximum Gasteiger partial charge on any atom is 0.308 e. The van der Waals surface area contributed by atoms with E-state index in [0.29, 0.717) is 12.2 Å². The van der Waals surface area contributed by atoms with Crippen molar-refractivity contribution in [3.63, 3.8) is 0 Å². The van der Waals surface area contributed by atoms with Gasteiger partial charge in [-0.15, -0.1) is 0 Å². The van der Waals surface area contributed by atoms with Gasteiger partial charge in [0.2, 0.25) is 0 Å². The Bertz CT molecular complexity index is 1880. The molecule has 0 aromatic heterocycles. The van der Waals surface area contributed by atoms with Crippen molar-refractivity contribution in [3.05, 3.63) is 114 Å². The number of ether oxygens (including phenoxy) is 1. The molecule has 6 aromatic rings. The second-order valence-electron chi connectivity index (χ2n) is 9.76. The first-order chi connectivity index (χ1) is 18.4. The maximum atomic E-state index is 12.1. The van der Waals surface area contributed by atoms with E-state index in [0.717, 1.165) is 60.1 Å². The number of hydrogen-bond donors (Lipinski definition) is 2. The summed E-state index contributed by atoms with van der Waals surface area (Å²) in [5.41, 5.74) is 4.59. The minimum absolute atomic E-state index is 0.241. The molecule has 0 atom stereocenters. The minimum Gasteiger partial charge on any atom is -0.507 e. The van der Waals surface area contributed by atoms with Gasteiger partial charge in [0, 0.05) is 29.5 Å². The van der Waals surface area contributed by atoms with Crippen LogP contribution in [0.15, 0.2) is 97.1 Å². The molecular weight excluding hydrogens is 472 g/mol. The van der Waals surface area contributed by atoms with Crippen LogP contribution in [0.4, 0.5) is 0 Å². The van der Waals surface area contributed by atoms with E-state index >= 15 is 0 Å². The third-order valence-corrected chi connectivity index (χ3v) is 7.12. The van der Waals surface area contributed by atoms with Crippen molar-refractivity contribution in [2.24, 2.45) is 0 Å². The van der Waals surface area contributed by atoms with Crippen LogP contribution >= 0.6 is 0 Å². The van der Waals surface area contributed by atoms with E-state index < -0.39 is 0 Å². The van der Waals surface area contributed by atoms with Crippen LogP contribution in [0.25, 0.3) is 43.4 Å². The third-order valence-electron chi connectivity index (χ3n) is 7.12. The molecule has 0 saturated carbocycles. The first-order valence-electron chi connectivity index (χ1n) is 12.5. The molecule has 0 aliphatic rings. The molecule has 0 amide bonds. The topological polar surface area (TPSA) is 66.8 Å². The summed E-state index contributed by atoms with van der Waals surface area (Å²) in [7, 11) is 0. The highest BCUT2D eigenvalue weighted by Gasteiger charge is 2.15. The molecule has 0 bridgehead atoms. The van der Waals surface area contributed by atoms with E-state index in [-0.39, 0.29) is 17.5 Å². The predicted octanol–water partition coefficient (Wildman–Crippen LogP) is 8.05. The highest BCUT2D eigenvalue weighted by molar-refractivity contribution is 5.97. The number of aryl methyl sites for hydroxylation is 1. The number of carbonyl (C=O) groups is 1. The molecule has 2 N–H and O–H groups in total. The lowest BCUT2D eigenvalue weighted by Gasteiger charge is -2.15. The Hall–Kier alpha value is -4.83. The monoisotopic (exact) mass is 498 g/mol. The molecule has 6 aromatic carbocycles. The van der Waals surface area contributed by atoms with Crippen molar-refractivity contribution in [2.45, 2.75) is 20.3 Å². The van der Waals surface area contributed by atoms with Gasteiger partial charge in [0.25, 0.3) is 0 Å². The number of fused-ring (bicyclic) bond motifs is 3. The van der Waals surface area contributed by atoms with Crippen molar-refractivity contribution in [1.29, 1.82) is 0 Å². The predicted molar refractivity (Wildman–Crippen MR) is 153 cm³/mol. The number of esters is 1. The van der Waals surface area contributed by atoms with Crippen LogP contribution in [0.5, 0.6) is 17.2 Å². The number of phenolic OH excluding ortho intramolecular Hbond substituents is 2. The molecule has 38 heavy (non-hydrogen) atoms. The van der Waals surface area contributed by atoms with Crippen molar-refractivity contribution < 1.29 is 19.7 Å². The normalized spacial score (nSPS) is 11.3. The van der Waals surface area contributed by atoms with Gasteiger partial charge in [-0.3, -0.25) is 4.79 Å². The summed E-state index contributed by atoms with van der Waals surface area (Å²) in [6.45, 7) is 3.29. The lowest BCUT2D eigenvalue weighted by atomic mass is 9.94. The fraction of sp³-hybridized carbons (Fsp3) is 0.0882. The molecule has 4 nitrogen and oxygen atoms in total. The maximum absolute atomic E-state index is 12.1. The van der Waals surface area contributed by atoms with Crippen LogP contribution in [0, 0.1) is 6.92 Å². The summed E-state index contributed by atoms with van der Waals surface area (Å²) in [6, 6.07) is 31.6. The summed E-state index contributed by atoms with van der Waals surface area (Å²) >= 11 is 0. The second kappa shape index (κ2) is 9.24. The fourth-order valence-electron chi connectivity index (χ4n) is 5.18. The first kappa shape index (κ1) is 23.6. The lowest BCUT2D eigenvalue weighted by Crippen LogP contribution is -2.05. The Morgan fingerprint density at radius 1 is 0.711 bits per heavy atom. The Morgan fingerprint density at radius 3 is 2.29 bits per heavy atom. The zero-order valence-corrected chi connectivity index (χ0v) is 21.2. The Morgan fingerprint density at radius 2 is 1.45 bits per heavy atom.